The van der Waals surface area contributed by atoms with E-state index in [1.54, 1.807) is 29.2 Å². The smallest absolute Gasteiger partial charge is 0.338 e. The number of rotatable bonds is 5. The molecule has 1 aliphatic carbocycles. The Morgan fingerprint density at radius 2 is 1.97 bits per heavy atom. The number of amides is 4. The van der Waals surface area contributed by atoms with Crippen molar-refractivity contribution in [3.8, 4) is 0 Å². The van der Waals surface area contributed by atoms with Crippen LogP contribution in [-0.4, -0.2) is 43.0 Å². The number of nitrogens with zero attached hydrogens (tertiary/aromatic N) is 1. The van der Waals surface area contributed by atoms with Crippen LogP contribution in [0.25, 0.3) is 0 Å². The number of esters is 1. The molecule has 2 fully saturated rings. The van der Waals surface area contributed by atoms with E-state index in [1.165, 1.54) is 0 Å². The first-order chi connectivity index (χ1) is 13.9. The second kappa shape index (κ2) is 9.54. The van der Waals surface area contributed by atoms with Crippen molar-refractivity contribution < 1.29 is 23.9 Å². The summed E-state index contributed by atoms with van der Waals surface area (Å²) in [5, 5.41) is 5.01. The molecule has 156 valence electrons. The maximum atomic E-state index is 12.2. The minimum atomic E-state index is -0.690. The van der Waals surface area contributed by atoms with Gasteiger partial charge in [-0.1, -0.05) is 25.8 Å². The first-order valence-corrected chi connectivity index (χ1v) is 10.1. The van der Waals surface area contributed by atoms with E-state index >= 15 is 0 Å². The third-order valence-corrected chi connectivity index (χ3v) is 5.48. The molecule has 1 saturated carbocycles. The van der Waals surface area contributed by atoms with Crippen LogP contribution in [0, 0.1) is 5.92 Å². The Morgan fingerprint density at radius 3 is 2.69 bits per heavy atom. The van der Waals surface area contributed by atoms with Crippen LogP contribution < -0.4 is 15.5 Å². The summed E-state index contributed by atoms with van der Waals surface area (Å²) < 4.78 is 5.01. The van der Waals surface area contributed by atoms with E-state index in [2.05, 4.69) is 17.6 Å². The van der Waals surface area contributed by atoms with Gasteiger partial charge in [0, 0.05) is 24.7 Å². The molecule has 1 heterocycles. The van der Waals surface area contributed by atoms with Crippen molar-refractivity contribution in [1.82, 2.24) is 10.6 Å². The number of carbonyl (C=O) groups is 4. The normalized spacial score (nSPS) is 21.6. The molecular formula is C21H27N3O5. The maximum Gasteiger partial charge on any atom is 0.338 e. The zero-order chi connectivity index (χ0) is 20.8. The summed E-state index contributed by atoms with van der Waals surface area (Å²) in [6, 6.07) is 6.02. The van der Waals surface area contributed by atoms with E-state index in [0.29, 0.717) is 24.6 Å². The molecule has 8 heteroatoms. The second-order valence-electron chi connectivity index (χ2n) is 7.67. The molecule has 8 nitrogen and oxygen atoms in total. The van der Waals surface area contributed by atoms with Crippen LogP contribution in [-0.2, 0) is 14.3 Å². The molecule has 1 aliphatic heterocycles. The van der Waals surface area contributed by atoms with Crippen LogP contribution in [0.1, 0.15) is 55.8 Å². The van der Waals surface area contributed by atoms with Gasteiger partial charge >= 0.3 is 12.0 Å². The molecule has 2 N–H and O–H groups in total. The molecule has 1 aromatic carbocycles. The topological polar surface area (TPSA) is 105 Å². The fourth-order valence-corrected chi connectivity index (χ4v) is 3.83. The zero-order valence-electron chi connectivity index (χ0n) is 16.6. The van der Waals surface area contributed by atoms with Crippen molar-refractivity contribution in [1.29, 1.82) is 0 Å². The zero-order valence-corrected chi connectivity index (χ0v) is 16.6. The fraction of sp³-hybridized carbons (Fsp3) is 0.524. The third-order valence-electron chi connectivity index (χ3n) is 5.48. The summed E-state index contributed by atoms with van der Waals surface area (Å²) >= 11 is 0. The van der Waals surface area contributed by atoms with Gasteiger partial charge in [-0.2, -0.15) is 0 Å². The lowest BCUT2D eigenvalue weighted by atomic mass is 9.86. The number of hydrogen-bond acceptors (Lipinski definition) is 5. The molecule has 1 saturated heterocycles. The summed E-state index contributed by atoms with van der Waals surface area (Å²) in [6.07, 6.45) is 5.45. The Morgan fingerprint density at radius 1 is 1.17 bits per heavy atom. The van der Waals surface area contributed by atoms with Crippen LogP contribution >= 0.6 is 0 Å². The van der Waals surface area contributed by atoms with Gasteiger partial charge in [0.2, 0.25) is 5.91 Å². The molecular weight excluding hydrogens is 374 g/mol. The van der Waals surface area contributed by atoms with E-state index in [-0.39, 0.29) is 17.5 Å². The number of anilines is 1. The summed E-state index contributed by atoms with van der Waals surface area (Å²) in [7, 11) is 0. The standard InChI is InChI=1S/C21H27N3O5/c1-14-6-2-3-9-17(14)22-21(28)23-18(25)13-29-20(27)15-7-4-8-16(12-15)24-11-5-10-19(24)26/h4,7-8,12,14,17H,2-3,5-6,9-11,13H2,1H3,(H2,22,23,25,28)/t14-,17-/m0/s1. The van der Waals surface area contributed by atoms with Gasteiger partial charge in [0.1, 0.15) is 0 Å². The molecule has 29 heavy (non-hydrogen) atoms. The van der Waals surface area contributed by atoms with E-state index in [0.717, 1.165) is 32.1 Å². The van der Waals surface area contributed by atoms with Crippen molar-refractivity contribution in [3.05, 3.63) is 29.8 Å². The summed E-state index contributed by atoms with van der Waals surface area (Å²) in [5.41, 5.74) is 0.878. The lowest BCUT2D eigenvalue weighted by Crippen LogP contribution is -2.48. The SMILES string of the molecule is C[C@H]1CCCC[C@@H]1NC(=O)NC(=O)COC(=O)c1cccc(N2CCCC2=O)c1. The van der Waals surface area contributed by atoms with E-state index in [4.69, 9.17) is 4.74 Å². The van der Waals surface area contributed by atoms with Crippen molar-refractivity contribution in [2.75, 3.05) is 18.1 Å². The summed E-state index contributed by atoms with van der Waals surface area (Å²) in [4.78, 5) is 49.6. The molecule has 0 bridgehead atoms. The van der Waals surface area contributed by atoms with Crippen LogP contribution in [0.15, 0.2) is 24.3 Å². The largest absolute Gasteiger partial charge is 0.452 e. The van der Waals surface area contributed by atoms with Crippen molar-refractivity contribution >= 4 is 29.5 Å². The molecule has 0 aromatic heterocycles. The van der Waals surface area contributed by atoms with E-state index in [1.807, 2.05) is 0 Å². The van der Waals surface area contributed by atoms with Gasteiger partial charge in [0.15, 0.2) is 6.61 Å². The molecule has 0 unspecified atom stereocenters. The molecule has 2 aliphatic rings. The molecule has 0 radical (unpaired) electrons. The third kappa shape index (κ3) is 5.56. The number of urea groups is 1. The number of hydrogen-bond donors (Lipinski definition) is 2. The average molecular weight is 401 g/mol. The first-order valence-electron chi connectivity index (χ1n) is 10.1. The van der Waals surface area contributed by atoms with Crippen molar-refractivity contribution in [2.45, 2.75) is 51.5 Å². The van der Waals surface area contributed by atoms with E-state index in [9.17, 15) is 19.2 Å². The van der Waals surface area contributed by atoms with Crippen molar-refractivity contribution in [3.63, 3.8) is 0 Å². The number of nitrogens with one attached hydrogen (secondary N) is 2. The Hall–Kier alpha value is -2.90. The van der Waals surface area contributed by atoms with Gasteiger partial charge in [0.05, 0.1) is 5.56 Å². The number of carbonyl (C=O) groups excluding carboxylic acids is 4. The maximum absolute atomic E-state index is 12.2. The van der Waals surface area contributed by atoms with Gasteiger partial charge in [-0.05, 0) is 43.4 Å². The Kier molecular flexibility index (Phi) is 6.85. The molecule has 4 amide bonds. The summed E-state index contributed by atoms with van der Waals surface area (Å²) in [6.45, 7) is 2.14. The fourth-order valence-electron chi connectivity index (χ4n) is 3.83. The van der Waals surface area contributed by atoms with Gasteiger partial charge in [-0.15, -0.1) is 0 Å². The second-order valence-corrected chi connectivity index (χ2v) is 7.67. The average Bonchev–Trinajstić information content (AvgIpc) is 3.14. The van der Waals surface area contributed by atoms with Crippen LogP contribution in [0.4, 0.5) is 10.5 Å². The molecule has 0 spiro atoms. The highest BCUT2D eigenvalue weighted by atomic mass is 16.5. The van der Waals surface area contributed by atoms with Gasteiger partial charge < -0.3 is 15.0 Å². The Balaban J connectivity index is 1.47. The molecule has 2 atom stereocenters. The highest BCUT2D eigenvalue weighted by molar-refractivity contribution is 5.99. The monoisotopic (exact) mass is 401 g/mol. The first kappa shape index (κ1) is 20.8. The Bertz CT molecular complexity index is 794. The molecule has 1 aromatic rings. The lowest BCUT2D eigenvalue weighted by molar-refractivity contribution is -0.123. The highest BCUT2D eigenvalue weighted by Gasteiger charge is 2.24. The number of benzene rings is 1. The Labute approximate surface area is 170 Å². The van der Waals surface area contributed by atoms with Crippen LogP contribution in [0.2, 0.25) is 0 Å². The van der Waals surface area contributed by atoms with E-state index < -0.39 is 24.5 Å². The minimum Gasteiger partial charge on any atom is -0.452 e. The van der Waals surface area contributed by atoms with Crippen LogP contribution in [0.3, 0.4) is 0 Å². The predicted molar refractivity (Wildman–Crippen MR) is 106 cm³/mol. The summed E-state index contributed by atoms with van der Waals surface area (Å²) in [5.74, 6) is -0.981. The predicted octanol–water partition coefficient (Wildman–Crippen LogP) is 2.37. The highest BCUT2D eigenvalue weighted by Crippen LogP contribution is 2.24. The van der Waals surface area contributed by atoms with Gasteiger partial charge in [-0.25, -0.2) is 9.59 Å². The number of ether oxygens (including phenoxy) is 1. The van der Waals surface area contributed by atoms with Crippen LogP contribution in [0.5, 0.6) is 0 Å². The van der Waals surface area contributed by atoms with Gasteiger partial charge in [0.25, 0.3) is 5.91 Å². The minimum absolute atomic E-state index is 0.0215. The van der Waals surface area contributed by atoms with Gasteiger partial charge in [-0.3, -0.25) is 14.9 Å². The van der Waals surface area contributed by atoms with Crippen molar-refractivity contribution in [2.24, 2.45) is 5.92 Å². The lowest BCUT2D eigenvalue weighted by Gasteiger charge is -2.29. The number of imide groups is 1. The quantitative estimate of drug-likeness (QED) is 0.737. The molecule has 3 rings (SSSR count).